The Morgan fingerprint density at radius 3 is 2.15 bits per heavy atom. The molecule has 0 spiro atoms. The van der Waals surface area contributed by atoms with E-state index in [1.54, 1.807) is 12.4 Å². The van der Waals surface area contributed by atoms with Gasteiger partial charge in [0.15, 0.2) is 5.78 Å². The minimum absolute atomic E-state index is 0.0626. The molecule has 6 rings (SSSR count). The number of nitrogens with one attached hydrogen (secondary N) is 3. The lowest BCUT2D eigenvalue weighted by atomic mass is 10.0. The van der Waals surface area contributed by atoms with Gasteiger partial charge in [-0.2, -0.15) is 10.2 Å². The van der Waals surface area contributed by atoms with E-state index in [2.05, 4.69) is 31.4 Å². The first-order chi connectivity index (χ1) is 13.3. The molecule has 0 atom stereocenters. The Morgan fingerprint density at radius 1 is 0.741 bits per heavy atom. The van der Waals surface area contributed by atoms with Gasteiger partial charge in [0.2, 0.25) is 0 Å². The lowest BCUT2D eigenvalue weighted by Crippen LogP contribution is -1.95. The van der Waals surface area contributed by atoms with Crippen molar-refractivity contribution in [2.45, 2.75) is 0 Å². The van der Waals surface area contributed by atoms with Crippen LogP contribution in [-0.2, 0) is 0 Å². The number of carbonyl (C=O) groups excluding carboxylic acids is 1. The Kier molecular flexibility index (Phi) is 2.66. The van der Waals surface area contributed by atoms with E-state index in [0.717, 1.165) is 55.5 Å². The normalized spacial score (nSPS) is 12.5. The summed E-state index contributed by atoms with van der Waals surface area (Å²) in [7, 11) is 0. The minimum atomic E-state index is 0.0626. The van der Waals surface area contributed by atoms with Crippen LogP contribution in [0.3, 0.4) is 0 Å². The fraction of sp³-hybridized carbons (Fsp3) is 0. The number of aromatic amines is 3. The largest absolute Gasteiger partial charge is 0.354 e. The van der Waals surface area contributed by atoms with E-state index in [4.69, 9.17) is 0 Å². The standard InChI is InChI=1S/C21H13N5O/c27-21-17-5-11(13-7-22-23-8-13)1-3-15(17)20-19(21)16-4-2-12(6-18(16)26-20)14-9-24-25-10-14/h1-10,26H,(H,22,23)(H,24,25). The molecule has 6 nitrogen and oxygen atoms in total. The van der Waals surface area contributed by atoms with Crippen molar-refractivity contribution >= 4 is 16.7 Å². The van der Waals surface area contributed by atoms with E-state index in [9.17, 15) is 4.79 Å². The monoisotopic (exact) mass is 351 g/mol. The summed E-state index contributed by atoms with van der Waals surface area (Å²) in [5, 5.41) is 14.6. The van der Waals surface area contributed by atoms with Crippen LogP contribution in [0.2, 0.25) is 0 Å². The Labute approximate surface area is 153 Å². The smallest absolute Gasteiger partial charge is 0.196 e. The zero-order chi connectivity index (χ0) is 18.0. The molecule has 5 aromatic rings. The van der Waals surface area contributed by atoms with Crippen molar-refractivity contribution in [2.24, 2.45) is 0 Å². The van der Waals surface area contributed by atoms with Crippen LogP contribution in [0.25, 0.3) is 44.4 Å². The molecule has 2 aromatic carbocycles. The fourth-order valence-corrected chi connectivity index (χ4v) is 3.90. The Morgan fingerprint density at radius 2 is 1.44 bits per heavy atom. The maximum absolute atomic E-state index is 13.1. The number of rotatable bonds is 2. The highest BCUT2D eigenvalue weighted by molar-refractivity contribution is 6.27. The zero-order valence-electron chi connectivity index (χ0n) is 14.1. The number of nitrogens with zero attached hydrogens (tertiary/aromatic N) is 2. The molecule has 3 aromatic heterocycles. The Balaban J connectivity index is 1.53. The van der Waals surface area contributed by atoms with Gasteiger partial charge in [-0.05, 0) is 23.3 Å². The maximum atomic E-state index is 13.1. The number of hydrogen-bond acceptors (Lipinski definition) is 3. The average molecular weight is 351 g/mol. The molecule has 0 unspecified atom stereocenters. The molecule has 3 heterocycles. The molecule has 0 bridgehead atoms. The van der Waals surface area contributed by atoms with E-state index in [1.165, 1.54) is 0 Å². The summed E-state index contributed by atoms with van der Waals surface area (Å²) < 4.78 is 0. The van der Waals surface area contributed by atoms with Gasteiger partial charge in [-0.25, -0.2) is 0 Å². The summed E-state index contributed by atoms with van der Waals surface area (Å²) in [4.78, 5) is 16.6. The molecule has 1 aliphatic carbocycles. The maximum Gasteiger partial charge on any atom is 0.196 e. The van der Waals surface area contributed by atoms with Gasteiger partial charge in [0.1, 0.15) is 0 Å². The Hall–Kier alpha value is -3.93. The third kappa shape index (κ3) is 1.92. The third-order valence-corrected chi connectivity index (χ3v) is 5.22. The molecule has 0 radical (unpaired) electrons. The Bertz CT molecular complexity index is 1330. The molecule has 3 N–H and O–H groups in total. The zero-order valence-corrected chi connectivity index (χ0v) is 14.1. The van der Waals surface area contributed by atoms with Crippen LogP contribution in [0.5, 0.6) is 0 Å². The molecular weight excluding hydrogens is 338 g/mol. The van der Waals surface area contributed by atoms with Crippen LogP contribution >= 0.6 is 0 Å². The van der Waals surface area contributed by atoms with Crippen molar-refractivity contribution in [3.05, 3.63) is 72.3 Å². The van der Waals surface area contributed by atoms with Crippen molar-refractivity contribution in [3.63, 3.8) is 0 Å². The van der Waals surface area contributed by atoms with E-state index in [1.807, 2.05) is 42.7 Å². The van der Waals surface area contributed by atoms with Gasteiger partial charge in [0.25, 0.3) is 0 Å². The highest BCUT2D eigenvalue weighted by atomic mass is 16.1. The molecule has 0 aliphatic heterocycles. The fourth-order valence-electron chi connectivity index (χ4n) is 3.90. The first kappa shape index (κ1) is 14.3. The number of ketones is 1. The molecule has 0 amide bonds. The molecule has 0 saturated heterocycles. The molecule has 128 valence electrons. The number of hydrogen-bond donors (Lipinski definition) is 3. The summed E-state index contributed by atoms with van der Waals surface area (Å²) in [5.74, 6) is 0.0626. The number of fused-ring (bicyclic) bond motifs is 5. The number of benzene rings is 2. The number of carbonyl (C=O) groups is 1. The first-order valence-electron chi connectivity index (χ1n) is 8.63. The lowest BCUT2D eigenvalue weighted by Gasteiger charge is -2.03. The topological polar surface area (TPSA) is 90.2 Å². The predicted octanol–water partition coefficient (Wildman–Crippen LogP) is 4.16. The third-order valence-electron chi connectivity index (χ3n) is 5.22. The van der Waals surface area contributed by atoms with Crippen molar-refractivity contribution in [2.75, 3.05) is 0 Å². The summed E-state index contributed by atoms with van der Waals surface area (Å²) in [6.45, 7) is 0. The molecular formula is C21H13N5O. The summed E-state index contributed by atoms with van der Waals surface area (Å²) in [5.41, 5.74) is 8.30. The second kappa shape index (κ2) is 5.04. The molecule has 1 aliphatic rings. The first-order valence-corrected chi connectivity index (χ1v) is 8.63. The van der Waals surface area contributed by atoms with Crippen molar-refractivity contribution in [1.82, 2.24) is 25.4 Å². The van der Waals surface area contributed by atoms with Crippen LogP contribution in [0.15, 0.2) is 61.2 Å². The average Bonchev–Trinajstić information content (AvgIpc) is 3.48. The van der Waals surface area contributed by atoms with Crippen molar-refractivity contribution < 1.29 is 4.79 Å². The van der Waals surface area contributed by atoms with Crippen molar-refractivity contribution in [1.29, 1.82) is 0 Å². The summed E-state index contributed by atoms with van der Waals surface area (Å²) >= 11 is 0. The van der Waals surface area contributed by atoms with Gasteiger partial charge in [0, 0.05) is 45.6 Å². The highest BCUT2D eigenvalue weighted by Crippen LogP contribution is 2.42. The van der Waals surface area contributed by atoms with Gasteiger partial charge in [-0.3, -0.25) is 15.0 Å². The van der Waals surface area contributed by atoms with Gasteiger partial charge >= 0.3 is 0 Å². The summed E-state index contributed by atoms with van der Waals surface area (Å²) in [6, 6.07) is 12.1. The SMILES string of the molecule is O=C1c2cc(-c3cn[nH]c3)ccc2-c2[nH]c3cc(-c4cn[nH]c4)ccc3c21. The number of aromatic nitrogens is 5. The molecule has 0 fully saturated rings. The summed E-state index contributed by atoms with van der Waals surface area (Å²) in [6.07, 6.45) is 7.23. The number of H-pyrrole nitrogens is 3. The van der Waals surface area contributed by atoms with Crippen molar-refractivity contribution in [3.8, 4) is 33.5 Å². The second-order valence-corrected chi connectivity index (χ2v) is 6.70. The van der Waals surface area contributed by atoms with Gasteiger partial charge < -0.3 is 4.98 Å². The molecule has 0 saturated carbocycles. The van der Waals surface area contributed by atoms with Crippen LogP contribution < -0.4 is 0 Å². The predicted molar refractivity (Wildman–Crippen MR) is 102 cm³/mol. The van der Waals surface area contributed by atoms with Gasteiger partial charge in [0.05, 0.1) is 23.7 Å². The van der Waals surface area contributed by atoms with Crippen LogP contribution in [0, 0.1) is 0 Å². The highest BCUT2D eigenvalue weighted by Gasteiger charge is 2.31. The van der Waals surface area contributed by atoms with E-state index in [0.29, 0.717) is 0 Å². The molecule has 27 heavy (non-hydrogen) atoms. The van der Waals surface area contributed by atoms with E-state index >= 15 is 0 Å². The lowest BCUT2D eigenvalue weighted by molar-refractivity contribution is 0.104. The van der Waals surface area contributed by atoms with Crippen LogP contribution in [0.4, 0.5) is 0 Å². The van der Waals surface area contributed by atoms with Gasteiger partial charge in [-0.15, -0.1) is 0 Å². The van der Waals surface area contributed by atoms with Gasteiger partial charge in [-0.1, -0.05) is 24.3 Å². The van der Waals surface area contributed by atoms with Crippen LogP contribution in [-0.4, -0.2) is 31.2 Å². The molecule has 6 heteroatoms. The second-order valence-electron chi connectivity index (χ2n) is 6.70. The van der Waals surface area contributed by atoms with E-state index < -0.39 is 0 Å². The minimum Gasteiger partial charge on any atom is -0.354 e. The van der Waals surface area contributed by atoms with E-state index in [-0.39, 0.29) is 5.78 Å². The quantitative estimate of drug-likeness (QED) is 0.437. The van der Waals surface area contributed by atoms with Crippen LogP contribution in [0.1, 0.15) is 15.9 Å².